The lowest BCUT2D eigenvalue weighted by Gasteiger charge is -2.26. The molecule has 1 saturated carbocycles. The number of benzene rings is 1. The molecule has 0 saturated heterocycles. The van der Waals surface area contributed by atoms with Crippen molar-refractivity contribution in [2.75, 3.05) is 13.1 Å². The molecule has 1 aromatic rings. The molecule has 1 fully saturated rings. The van der Waals surface area contributed by atoms with Crippen LogP contribution in [0, 0.1) is 11.7 Å². The Labute approximate surface area is 116 Å². The monoisotopic (exact) mass is 314 g/mol. The summed E-state index contributed by atoms with van der Waals surface area (Å²) in [6, 6.07) is 4.87. The van der Waals surface area contributed by atoms with Gasteiger partial charge in [0.2, 0.25) is 0 Å². The van der Waals surface area contributed by atoms with Crippen LogP contribution in [0.3, 0.4) is 0 Å². The predicted molar refractivity (Wildman–Crippen MR) is 75.9 cm³/mol. The maximum atomic E-state index is 13.0. The van der Waals surface area contributed by atoms with Crippen molar-refractivity contribution in [3.63, 3.8) is 0 Å². The van der Waals surface area contributed by atoms with E-state index < -0.39 is 0 Å². The molecule has 1 aliphatic rings. The molecule has 1 aromatic carbocycles. The van der Waals surface area contributed by atoms with E-state index in [-0.39, 0.29) is 11.9 Å². The van der Waals surface area contributed by atoms with Crippen LogP contribution in [0.2, 0.25) is 0 Å². The number of hydrogen-bond donors (Lipinski definition) is 2. The molecule has 3 N–H and O–H groups in total. The van der Waals surface area contributed by atoms with Crippen LogP contribution in [0.15, 0.2) is 22.7 Å². The van der Waals surface area contributed by atoms with Crippen LogP contribution in [0.4, 0.5) is 4.39 Å². The van der Waals surface area contributed by atoms with Gasteiger partial charge in [-0.05, 0) is 36.6 Å². The first-order chi connectivity index (χ1) is 8.70. The van der Waals surface area contributed by atoms with E-state index in [0.717, 1.165) is 22.5 Å². The molecule has 2 nitrogen and oxygen atoms in total. The minimum absolute atomic E-state index is 0.0973. The van der Waals surface area contributed by atoms with Crippen LogP contribution >= 0.6 is 15.9 Å². The summed E-state index contributed by atoms with van der Waals surface area (Å²) in [7, 11) is 0. The smallest absolute Gasteiger partial charge is 0.124 e. The van der Waals surface area contributed by atoms with E-state index in [2.05, 4.69) is 21.2 Å². The highest BCUT2D eigenvalue weighted by Crippen LogP contribution is 2.29. The van der Waals surface area contributed by atoms with Gasteiger partial charge >= 0.3 is 0 Å². The van der Waals surface area contributed by atoms with Gasteiger partial charge in [0, 0.05) is 17.1 Å². The second-order valence-electron chi connectivity index (χ2n) is 4.99. The Kier molecular flexibility index (Phi) is 5.15. The van der Waals surface area contributed by atoms with E-state index in [1.165, 1.54) is 37.8 Å². The Hall–Kier alpha value is -0.450. The number of nitrogens with one attached hydrogen (secondary N) is 1. The molecular weight excluding hydrogens is 295 g/mol. The third-order valence-corrected chi connectivity index (χ3v) is 4.43. The van der Waals surface area contributed by atoms with Crippen molar-refractivity contribution in [1.29, 1.82) is 0 Å². The Bertz CT molecular complexity index is 393. The van der Waals surface area contributed by atoms with E-state index >= 15 is 0 Å². The second-order valence-corrected chi connectivity index (χ2v) is 5.85. The summed E-state index contributed by atoms with van der Waals surface area (Å²) in [4.78, 5) is 0. The largest absolute Gasteiger partial charge is 0.329 e. The zero-order valence-electron chi connectivity index (χ0n) is 10.5. The molecular formula is C14H20BrFN2. The molecule has 0 spiro atoms. The van der Waals surface area contributed by atoms with Crippen molar-refractivity contribution in [3.8, 4) is 0 Å². The molecule has 1 unspecified atom stereocenters. The van der Waals surface area contributed by atoms with Crippen LogP contribution in [0.5, 0.6) is 0 Å². The fourth-order valence-electron chi connectivity index (χ4n) is 2.35. The molecule has 0 aromatic heterocycles. The van der Waals surface area contributed by atoms with Crippen LogP contribution < -0.4 is 11.1 Å². The van der Waals surface area contributed by atoms with Crippen LogP contribution in [0.25, 0.3) is 0 Å². The van der Waals surface area contributed by atoms with Crippen LogP contribution in [-0.2, 0) is 0 Å². The predicted octanol–water partition coefficient (Wildman–Crippen LogP) is 3.37. The quantitative estimate of drug-likeness (QED) is 0.845. The molecule has 18 heavy (non-hydrogen) atoms. The molecule has 0 radical (unpaired) electrons. The fourth-order valence-corrected chi connectivity index (χ4v) is 2.97. The van der Waals surface area contributed by atoms with Crippen molar-refractivity contribution in [3.05, 3.63) is 34.1 Å². The standard InChI is InChI=1S/C14H20BrFN2/c15-13-8-11(16)4-5-12(13)14(9-17)18-7-6-10-2-1-3-10/h4-5,8,10,14,18H,1-3,6-7,9,17H2. The summed E-state index contributed by atoms with van der Waals surface area (Å²) in [6.07, 6.45) is 5.34. The van der Waals surface area contributed by atoms with Gasteiger partial charge in [-0.2, -0.15) is 0 Å². The summed E-state index contributed by atoms with van der Waals surface area (Å²) >= 11 is 3.40. The molecule has 0 amide bonds. The van der Waals surface area contributed by atoms with Gasteiger partial charge in [0.25, 0.3) is 0 Å². The van der Waals surface area contributed by atoms with Gasteiger partial charge in [0.05, 0.1) is 0 Å². The highest BCUT2D eigenvalue weighted by Gasteiger charge is 2.18. The van der Waals surface area contributed by atoms with Crippen molar-refractivity contribution in [2.24, 2.45) is 11.7 Å². The molecule has 1 aliphatic carbocycles. The number of nitrogens with two attached hydrogens (primary N) is 1. The summed E-state index contributed by atoms with van der Waals surface area (Å²) in [5.41, 5.74) is 6.83. The maximum Gasteiger partial charge on any atom is 0.124 e. The van der Waals surface area contributed by atoms with Crippen molar-refractivity contribution in [2.45, 2.75) is 31.7 Å². The number of halogens is 2. The first-order valence-electron chi connectivity index (χ1n) is 6.59. The van der Waals surface area contributed by atoms with Gasteiger partial charge in [-0.15, -0.1) is 0 Å². The summed E-state index contributed by atoms with van der Waals surface area (Å²) < 4.78 is 13.8. The minimum Gasteiger partial charge on any atom is -0.329 e. The zero-order valence-corrected chi connectivity index (χ0v) is 12.0. The average molecular weight is 315 g/mol. The summed E-state index contributed by atoms with van der Waals surface area (Å²) in [5, 5.41) is 3.47. The molecule has 4 heteroatoms. The molecule has 0 bridgehead atoms. The van der Waals surface area contributed by atoms with Gasteiger partial charge in [0.15, 0.2) is 0 Å². The highest BCUT2D eigenvalue weighted by molar-refractivity contribution is 9.10. The lowest BCUT2D eigenvalue weighted by Crippen LogP contribution is -2.31. The first kappa shape index (κ1) is 14.0. The summed E-state index contributed by atoms with van der Waals surface area (Å²) in [5.74, 6) is 0.670. The Morgan fingerprint density at radius 2 is 2.22 bits per heavy atom. The molecule has 0 heterocycles. The SMILES string of the molecule is NCC(NCCC1CCC1)c1ccc(F)cc1Br. The van der Waals surface area contributed by atoms with Crippen LogP contribution in [0.1, 0.15) is 37.3 Å². The maximum absolute atomic E-state index is 13.0. The zero-order chi connectivity index (χ0) is 13.0. The van der Waals surface area contributed by atoms with Gasteiger partial charge < -0.3 is 11.1 Å². The van der Waals surface area contributed by atoms with Gasteiger partial charge in [0.1, 0.15) is 5.82 Å². The van der Waals surface area contributed by atoms with E-state index in [1.807, 2.05) is 0 Å². The molecule has 0 aliphatic heterocycles. The fraction of sp³-hybridized carbons (Fsp3) is 0.571. The second kappa shape index (κ2) is 6.64. The highest BCUT2D eigenvalue weighted by atomic mass is 79.9. The lowest BCUT2D eigenvalue weighted by molar-refractivity contribution is 0.288. The van der Waals surface area contributed by atoms with E-state index in [0.29, 0.717) is 6.54 Å². The third-order valence-electron chi connectivity index (χ3n) is 3.74. The van der Waals surface area contributed by atoms with Gasteiger partial charge in [-0.25, -0.2) is 4.39 Å². The van der Waals surface area contributed by atoms with Crippen molar-refractivity contribution in [1.82, 2.24) is 5.32 Å². The Balaban J connectivity index is 1.89. The lowest BCUT2D eigenvalue weighted by atomic mass is 9.83. The average Bonchev–Trinajstić information content (AvgIpc) is 2.28. The normalized spacial score (nSPS) is 17.5. The van der Waals surface area contributed by atoms with E-state index in [1.54, 1.807) is 6.07 Å². The first-order valence-corrected chi connectivity index (χ1v) is 7.38. The van der Waals surface area contributed by atoms with E-state index in [9.17, 15) is 4.39 Å². The third kappa shape index (κ3) is 3.53. The summed E-state index contributed by atoms with van der Waals surface area (Å²) in [6.45, 7) is 1.51. The molecule has 100 valence electrons. The molecule has 1 atom stereocenters. The number of hydrogen-bond acceptors (Lipinski definition) is 2. The topological polar surface area (TPSA) is 38.0 Å². The van der Waals surface area contributed by atoms with E-state index in [4.69, 9.17) is 5.73 Å². The Morgan fingerprint density at radius 1 is 1.44 bits per heavy atom. The van der Waals surface area contributed by atoms with Crippen molar-refractivity contribution < 1.29 is 4.39 Å². The molecule has 2 rings (SSSR count). The Morgan fingerprint density at radius 3 is 2.78 bits per heavy atom. The minimum atomic E-state index is -0.226. The van der Waals surface area contributed by atoms with Crippen molar-refractivity contribution >= 4 is 15.9 Å². The van der Waals surface area contributed by atoms with Crippen LogP contribution in [-0.4, -0.2) is 13.1 Å². The van der Waals surface area contributed by atoms with Gasteiger partial charge in [-0.3, -0.25) is 0 Å². The number of rotatable bonds is 6. The van der Waals surface area contributed by atoms with Gasteiger partial charge in [-0.1, -0.05) is 41.3 Å².